The standard InChI is InChI=1S/C18H14ClF3N2O/c1-25-16-8-6-14(7-9-16)24-15(11-23-17(24)18(20,21)22)10-12-2-4-13(19)5-3-12/h2-9,11H,10H2,1H3. The fraction of sp³-hybridized carbons (Fsp3) is 0.167. The van der Waals surface area contributed by atoms with Crippen molar-refractivity contribution in [3.63, 3.8) is 0 Å². The van der Waals surface area contributed by atoms with Crippen molar-refractivity contribution in [2.75, 3.05) is 7.11 Å². The monoisotopic (exact) mass is 366 g/mol. The summed E-state index contributed by atoms with van der Waals surface area (Å²) in [6, 6.07) is 13.3. The molecule has 7 heteroatoms. The molecule has 2 aromatic carbocycles. The summed E-state index contributed by atoms with van der Waals surface area (Å²) in [6.07, 6.45) is -3.01. The van der Waals surface area contributed by atoms with Crippen LogP contribution in [0.25, 0.3) is 5.69 Å². The number of nitrogens with zero attached hydrogens (tertiary/aromatic N) is 2. The van der Waals surface area contributed by atoms with Crippen molar-refractivity contribution < 1.29 is 17.9 Å². The van der Waals surface area contributed by atoms with Crippen LogP contribution < -0.4 is 4.74 Å². The lowest BCUT2D eigenvalue weighted by atomic mass is 10.1. The second-order valence-corrected chi connectivity index (χ2v) is 5.84. The molecule has 25 heavy (non-hydrogen) atoms. The highest BCUT2D eigenvalue weighted by Gasteiger charge is 2.37. The number of ether oxygens (including phenoxy) is 1. The molecule has 3 nitrogen and oxygen atoms in total. The van der Waals surface area contributed by atoms with Crippen molar-refractivity contribution in [3.05, 3.63) is 76.8 Å². The zero-order chi connectivity index (χ0) is 18.0. The molecule has 1 heterocycles. The first kappa shape index (κ1) is 17.4. The molecule has 0 N–H and O–H groups in total. The average molecular weight is 367 g/mol. The highest BCUT2D eigenvalue weighted by molar-refractivity contribution is 6.30. The van der Waals surface area contributed by atoms with Crippen LogP contribution in [0.5, 0.6) is 5.75 Å². The quantitative estimate of drug-likeness (QED) is 0.639. The first-order valence-corrected chi connectivity index (χ1v) is 7.79. The fourth-order valence-electron chi connectivity index (χ4n) is 2.54. The first-order valence-electron chi connectivity index (χ1n) is 7.41. The predicted molar refractivity (Wildman–Crippen MR) is 89.4 cm³/mol. The maximum absolute atomic E-state index is 13.4. The number of halogens is 4. The maximum atomic E-state index is 13.4. The number of imidazole rings is 1. The normalized spacial score (nSPS) is 11.6. The number of aromatic nitrogens is 2. The van der Waals surface area contributed by atoms with Crippen molar-refractivity contribution >= 4 is 11.6 Å². The van der Waals surface area contributed by atoms with Crippen molar-refractivity contribution in [3.8, 4) is 11.4 Å². The Morgan fingerprint density at radius 1 is 1.04 bits per heavy atom. The molecule has 0 amide bonds. The smallest absolute Gasteiger partial charge is 0.450 e. The number of methoxy groups -OCH3 is 1. The number of hydrogen-bond donors (Lipinski definition) is 0. The van der Waals surface area contributed by atoms with Crippen LogP contribution in [0.15, 0.2) is 54.7 Å². The van der Waals surface area contributed by atoms with E-state index >= 15 is 0 Å². The van der Waals surface area contributed by atoms with Gasteiger partial charge in [-0.3, -0.25) is 4.57 Å². The number of benzene rings is 2. The first-order chi connectivity index (χ1) is 11.9. The van der Waals surface area contributed by atoms with Gasteiger partial charge in [-0.1, -0.05) is 23.7 Å². The van der Waals surface area contributed by atoms with Crippen molar-refractivity contribution in [1.29, 1.82) is 0 Å². The SMILES string of the molecule is COc1ccc(-n2c(Cc3ccc(Cl)cc3)cnc2C(F)(F)F)cc1. The minimum atomic E-state index is -4.56. The van der Waals surface area contributed by atoms with E-state index < -0.39 is 12.0 Å². The molecule has 0 radical (unpaired) electrons. The molecule has 0 spiro atoms. The Morgan fingerprint density at radius 2 is 1.68 bits per heavy atom. The van der Waals surface area contributed by atoms with E-state index in [1.807, 2.05) is 0 Å². The van der Waals surface area contributed by atoms with Crippen LogP contribution in [-0.4, -0.2) is 16.7 Å². The van der Waals surface area contributed by atoms with Gasteiger partial charge in [-0.25, -0.2) is 4.98 Å². The van der Waals surface area contributed by atoms with Crippen LogP contribution in [-0.2, 0) is 12.6 Å². The molecular formula is C18H14ClF3N2O. The van der Waals surface area contributed by atoms with E-state index in [1.165, 1.54) is 13.3 Å². The summed E-state index contributed by atoms with van der Waals surface area (Å²) >= 11 is 5.86. The van der Waals surface area contributed by atoms with Crippen LogP contribution in [0.1, 0.15) is 17.1 Å². The van der Waals surface area contributed by atoms with Gasteiger partial charge in [-0.15, -0.1) is 0 Å². The van der Waals surface area contributed by atoms with E-state index in [0.29, 0.717) is 28.6 Å². The number of rotatable bonds is 4. The van der Waals surface area contributed by atoms with Gasteiger partial charge in [0.25, 0.3) is 0 Å². The van der Waals surface area contributed by atoms with Crippen LogP contribution in [0.4, 0.5) is 13.2 Å². The molecule has 3 aromatic rings. The van der Waals surface area contributed by atoms with Crippen LogP contribution in [0.3, 0.4) is 0 Å². The third kappa shape index (κ3) is 3.79. The lowest BCUT2D eigenvalue weighted by molar-refractivity contribution is -0.146. The van der Waals surface area contributed by atoms with Crippen molar-refractivity contribution in [2.45, 2.75) is 12.6 Å². The largest absolute Gasteiger partial charge is 0.497 e. The summed E-state index contributed by atoms with van der Waals surface area (Å²) in [5.41, 5.74) is 1.64. The molecule has 0 fully saturated rings. The molecule has 0 aliphatic heterocycles. The van der Waals surface area contributed by atoms with Crippen LogP contribution in [0.2, 0.25) is 5.02 Å². The third-order valence-corrected chi connectivity index (χ3v) is 3.97. The van der Waals surface area contributed by atoms with E-state index in [1.54, 1.807) is 48.5 Å². The predicted octanol–water partition coefficient (Wildman–Crippen LogP) is 5.14. The molecule has 0 saturated carbocycles. The highest BCUT2D eigenvalue weighted by Crippen LogP contribution is 2.32. The average Bonchev–Trinajstić information content (AvgIpc) is 3.01. The number of hydrogen-bond acceptors (Lipinski definition) is 2. The van der Waals surface area contributed by atoms with Gasteiger partial charge in [0.1, 0.15) is 5.75 Å². The summed E-state index contributed by atoms with van der Waals surface area (Å²) in [7, 11) is 1.50. The van der Waals surface area contributed by atoms with Gasteiger partial charge in [-0.2, -0.15) is 13.2 Å². The van der Waals surface area contributed by atoms with Gasteiger partial charge in [-0.05, 0) is 42.0 Å². The van der Waals surface area contributed by atoms with Crippen LogP contribution in [0, 0.1) is 0 Å². The summed E-state index contributed by atoms with van der Waals surface area (Å²) in [4.78, 5) is 3.60. The fourth-order valence-corrected chi connectivity index (χ4v) is 2.67. The van der Waals surface area contributed by atoms with Crippen molar-refractivity contribution in [2.24, 2.45) is 0 Å². The van der Waals surface area contributed by atoms with Gasteiger partial charge in [0.2, 0.25) is 5.82 Å². The van der Waals surface area contributed by atoms with Gasteiger partial charge in [0.15, 0.2) is 0 Å². The minimum absolute atomic E-state index is 0.298. The second-order valence-electron chi connectivity index (χ2n) is 5.41. The highest BCUT2D eigenvalue weighted by atomic mass is 35.5. The molecule has 0 saturated heterocycles. The lowest BCUT2D eigenvalue weighted by Crippen LogP contribution is -2.15. The van der Waals surface area contributed by atoms with E-state index in [9.17, 15) is 13.2 Å². The zero-order valence-corrected chi connectivity index (χ0v) is 14.0. The minimum Gasteiger partial charge on any atom is -0.497 e. The maximum Gasteiger partial charge on any atom is 0.450 e. The second kappa shape index (κ2) is 6.80. The Hall–Kier alpha value is -2.47. The molecular weight excluding hydrogens is 353 g/mol. The summed E-state index contributed by atoms with van der Waals surface area (Å²) in [5, 5.41) is 0.573. The summed E-state index contributed by atoms with van der Waals surface area (Å²) in [5.74, 6) is -0.390. The van der Waals surface area contributed by atoms with Crippen LogP contribution >= 0.6 is 11.6 Å². The Labute approximate surface area is 147 Å². The Bertz CT molecular complexity index is 856. The van der Waals surface area contributed by atoms with Gasteiger partial charge in [0.05, 0.1) is 7.11 Å². The van der Waals surface area contributed by atoms with Gasteiger partial charge in [0, 0.05) is 29.0 Å². The molecule has 3 rings (SSSR count). The molecule has 0 unspecified atom stereocenters. The molecule has 0 aliphatic carbocycles. The van der Waals surface area contributed by atoms with Crippen molar-refractivity contribution in [1.82, 2.24) is 9.55 Å². The zero-order valence-electron chi connectivity index (χ0n) is 13.2. The van der Waals surface area contributed by atoms with E-state index in [-0.39, 0.29) is 0 Å². The summed E-state index contributed by atoms with van der Waals surface area (Å²) < 4.78 is 46.3. The Balaban J connectivity index is 2.06. The van der Waals surface area contributed by atoms with Gasteiger partial charge >= 0.3 is 6.18 Å². The molecule has 1 aromatic heterocycles. The number of alkyl halides is 3. The summed E-state index contributed by atoms with van der Waals surface area (Å²) in [6.45, 7) is 0. The van der Waals surface area contributed by atoms with Gasteiger partial charge < -0.3 is 4.74 Å². The lowest BCUT2D eigenvalue weighted by Gasteiger charge is -2.14. The topological polar surface area (TPSA) is 27.1 Å². The molecule has 0 atom stereocenters. The van der Waals surface area contributed by atoms with E-state index in [0.717, 1.165) is 10.1 Å². The molecule has 0 aliphatic rings. The van der Waals surface area contributed by atoms with E-state index in [4.69, 9.17) is 16.3 Å². The Kier molecular flexibility index (Phi) is 4.72. The Morgan fingerprint density at radius 3 is 2.24 bits per heavy atom. The van der Waals surface area contributed by atoms with E-state index in [2.05, 4.69) is 4.98 Å². The molecule has 130 valence electrons. The molecule has 0 bridgehead atoms. The third-order valence-electron chi connectivity index (χ3n) is 3.72.